The number of nitrogens with zero attached hydrogens (tertiary/aromatic N) is 1. The molecule has 1 unspecified atom stereocenters. The number of amides is 1. The Hall–Kier alpha value is -3.19. The second kappa shape index (κ2) is 10.4. The van der Waals surface area contributed by atoms with Crippen LogP contribution in [-0.2, 0) is 14.8 Å². The van der Waals surface area contributed by atoms with Crippen LogP contribution in [0.15, 0.2) is 78.9 Å². The van der Waals surface area contributed by atoms with Crippen molar-refractivity contribution in [3.63, 3.8) is 0 Å². The van der Waals surface area contributed by atoms with Gasteiger partial charge in [-0.25, -0.2) is 12.8 Å². The number of benzene rings is 3. The van der Waals surface area contributed by atoms with Gasteiger partial charge in [-0.2, -0.15) is 0 Å². The molecule has 0 aliphatic heterocycles. The standard InChI is InChI=1S/C25H27FN2O3S/c1-19-10-8-13-21(18-19)25(20-11-4-3-5-12-20)27-24(29)16-9-17-28(32(2,30)31)23-15-7-6-14-22(23)26/h3-8,10-15,18,25H,9,16-17H2,1-2H3,(H,27,29). The lowest BCUT2D eigenvalue weighted by molar-refractivity contribution is -0.121. The molecule has 168 valence electrons. The van der Waals surface area contributed by atoms with Gasteiger partial charge in [0.15, 0.2) is 0 Å². The summed E-state index contributed by atoms with van der Waals surface area (Å²) in [7, 11) is -3.69. The monoisotopic (exact) mass is 454 g/mol. The van der Waals surface area contributed by atoms with Gasteiger partial charge in [0.1, 0.15) is 5.82 Å². The van der Waals surface area contributed by atoms with Crippen LogP contribution < -0.4 is 9.62 Å². The van der Waals surface area contributed by atoms with Crippen LogP contribution >= 0.6 is 0 Å². The van der Waals surface area contributed by atoms with E-state index < -0.39 is 15.8 Å². The van der Waals surface area contributed by atoms with Crippen molar-refractivity contribution in [1.29, 1.82) is 0 Å². The van der Waals surface area contributed by atoms with Gasteiger partial charge in [-0.05, 0) is 36.6 Å². The molecule has 1 atom stereocenters. The SMILES string of the molecule is Cc1cccc(C(NC(=O)CCCN(c2ccccc2F)S(C)(=O)=O)c2ccccc2)c1. The van der Waals surface area contributed by atoms with Gasteiger partial charge in [0.05, 0.1) is 18.0 Å². The first-order chi connectivity index (χ1) is 15.3. The van der Waals surface area contributed by atoms with Crippen LogP contribution in [-0.4, -0.2) is 27.1 Å². The molecule has 0 radical (unpaired) electrons. The minimum absolute atomic E-state index is 0.00757. The van der Waals surface area contributed by atoms with Crippen LogP contribution in [0.4, 0.5) is 10.1 Å². The molecule has 1 amide bonds. The fraction of sp³-hybridized carbons (Fsp3) is 0.240. The van der Waals surface area contributed by atoms with E-state index in [0.717, 1.165) is 27.3 Å². The van der Waals surface area contributed by atoms with E-state index in [1.54, 1.807) is 6.07 Å². The number of sulfonamides is 1. The number of halogens is 1. The van der Waals surface area contributed by atoms with Gasteiger partial charge in [0.2, 0.25) is 15.9 Å². The second-order valence-corrected chi connectivity index (χ2v) is 9.62. The van der Waals surface area contributed by atoms with E-state index >= 15 is 0 Å². The normalized spacial score (nSPS) is 12.2. The fourth-order valence-electron chi connectivity index (χ4n) is 3.59. The Bertz CT molecular complexity index is 1170. The summed E-state index contributed by atoms with van der Waals surface area (Å²) < 4.78 is 39.6. The van der Waals surface area contributed by atoms with Gasteiger partial charge in [0.25, 0.3) is 0 Å². The molecule has 0 saturated heterocycles. The Balaban J connectivity index is 1.70. The first-order valence-electron chi connectivity index (χ1n) is 10.4. The fourth-order valence-corrected chi connectivity index (χ4v) is 4.56. The van der Waals surface area contributed by atoms with Gasteiger partial charge in [-0.15, -0.1) is 0 Å². The van der Waals surface area contributed by atoms with Crippen molar-refractivity contribution in [3.8, 4) is 0 Å². The molecule has 0 bridgehead atoms. The number of carbonyl (C=O) groups excluding carboxylic acids is 1. The van der Waals surface area contributed by atoms with Gasteiger partial charge in [-0.1, -0.05) is 72.3 Å². The topological polar surface area (TPSA) is 66.5 Å². The Kier molecular flexibility index (Phi) is 7.64. The van der Waals surface area contributed by atoms with E-state index in [1.807, 2.05) is 61.5 Å². The average molecular weight is 455 g/mol. The van der Waals surface area contributed by atoms with Crippen LogP contribution in [0.1, 0.15) is 35.6 Å². The van der Waals surface area contributed by atoms with E-state index in [1.165, 1.54) is 18.2 Å². The zero-order valence-electron chi connectivity index (χ0n) is 18.2. The summed E-state index contributed by atoms with van der Waals surface area (Å²) >= 11 is 0. The minimum Gasteiger partial charge on any atom is -0.345 e. The number of para-hydroxylation sites is 1. The van der Waals surface area contributed by atoms with E-state index in [2.05, 4.69) is 5.32 Å². The summed E-state index contributed by atoms with van der Waals surface area (Å²) in [4.78, 5) is 12.8. The highest BCUT2D eigenvalue weighted by Gasteiger charge is 2.21. The Morgan fingerprint density at radius 1 is 0.969 bits per heavy atom. The highest BCUT2D eigenvalue weighted by molar-refractivity contribution is 7.92. The van der Waals surface area contributed by atoms with Gasteiger partial charge in [0, 0.05) is 13.0 Å². The van der Waals surface area contributed by atoms with Gasteiger partial charge < -0.3 is 5.32 Å². The lowest BCUT2D eigenvalue weighted by atomic mass is 9.97. The molecule has 0 aliphatic carbocycles. The van der Waals surface area contributed by atoms with Gasteiger partial charge in [-0.3, -0.25) is 9.10 Å². The summed E-state index contributed by atoms with van der Waals surface area (Å²) in [6, 6.07) is 23.0. The number of carbonyl (C=O) groups is 1. The Morgan fingerprint density at radius 3 is 2.28 bits per heavy atom. The third-order valence-electron chi connectivity index (χ3n) is 5.10. The maximum absolute atomic E-state index is 14.2. The van der Waals surface area contributed by atoms with Crippen molar-refractivity contribution < 1.29 is 17.6 Å². The van der Waals surface area contributed by atoms with Crippen LogP contribution in [0.25, 0.3) is 0 Å². The summed E-state index contributed by atoms with van der Waals surface area (Å²) in [5.74, 6) is -0.826. The molecule has 0 saturated carbocycles. The van der Waals surface area contributed by atoms with Crippen molar-refractivity contribution in [1.82, 2.24) is 5.32 Å². The predicted octanol–water partition coefficient (Wildman–Crippen LogP) is 4.59. The largest absolute Gasteiger partial charge is 0.345 e. The van der Waals surface area contributed by atoms with Crippen molar-refractivity contribution >= 4 is 21.6 Å². The molecule has 3 aromatic rings. The summed E-state index contributed by atoms with van der Waals surface area (Å²) in [6.45, 7) is 2.00. The third-order valence-corrected chi connectivity index (χ3v) is 6.28. The molecule has 7 heteroatoms. The zero-order chi connectivity index (χ0) is 23.1. The smallest absolute Gasteiger partial charge is 0.232 e. The van der Waals surface area contributed by atoms with Crippen molar-refractivity contribution in [2.24, 2.45) is 0 Å². The molecule has 0 spiro atoms. The highest BCUT2D eigenvalue weighted by atomic mass is 32.2. The highest BCUT2D eigenvalue weighted by Crippen LogP contribution is 2.24. The first-order valence-corrected chi connectivity index (χ1v) is 12.2. The molecule has 5 nitrogen and oxygen atoms in total. The summed E-state index contributed by atoms with van der Waals surface area (Å²) in [5.41, 5.74) is 2.99. The van der Waals surface area contributed by atoms with Crippen LogP contribution in [0.2, 0.25) is 0 Å². The predicted molar refractivity (Wildman–Crippen MR) is 125 cm³/mol. The van der Waals surface area contributed by atoms with Crippen LogP contribution in [0.5, 0.6) is 0 Å². The van der Waals surface area contributed by atoms with E-state index in [0.29, 0.717) is 0 Å². The third kappa shape index (κ3) is 6.17. The number of hydrogen-bond acceptors (Lipinski definition) is 3. The van der Waals surface area contributed by atoms with E-state index in [9.17, 15) is 17.6 Å². The maximum Gasteiger partial charge on any atom is 0.232 e. The van der Waals surface area contributed by atoms with E-state index in [4.69, 9.17) is 0 Å². The molecule has 32 heavy (non-hydrogen) atoms. The van der Waals surface area contributed by atoms with Crippen LogP contribution in [0.3, 0.4) is 0 Å². The maximum atomic E-state index is 14.2. The number of hydrogen-bond donors (Lipinski definition) is 1. The number of aryl methyl sites for hydroxylation is 1. The molecule has 1 N–H and O–H groups in total. The Labute approximate surface area is 188 Å². The van der Waals surface area contributed by atoms with Crippen LogP contribution in [0, 0.1) is 12.7 Å². The quantitative estimate of drug-likeness (QED) is 0.514. The summed E-state index contributed by atoms with van der Waals surface area (Å²) in [5, 5.41) is 3.06. The first kappa shape index (κ1) is 23.5. The van der Waals surface area contributed by atoms with Crippen molar-refractivity contribution in [2.75, 3.05) is 17.1 Å². The molecule has 0 aliphatic rings. The molecule has 3 rings (SSSR count). The molecular formula is C25H27FN2O3S. The van der Waals surface area contributed by atoms with Crippen molar-refractivity contribution in [2.45, 2.75) is 25.8 Å². The minimum atomic E-state index is -3.69. The number of anilines is 1. The van der Waals surface area contributed by atoms with E-state index in [-0.39, 0.29) is 37.0 Å². The van der Waals surface area contributed by atoms with Crippen molar-refractivity contribution in [3.05, 3.63) is 101 Å². The molecular weight excluding hydrogens is 427 g/mol. The molecule has 0 heterocycles. The van der Waals surface area contributed by atoms with Gasteiger partial charge >= 0.3 is 0 Å². The average Bonchev–Trinajstić information content (AvgIpc) is 2.75. The molecule has 3 aromatic carbocycles. The second-order valence-electron chi connectivity index (χ2n) is 7.72. The number of rotatable bonds is 9. The molecule has 0 fully saturated rings. The number of nitrogens with one attached hydrogen (secondary N) is 1. The molecule has 0 aromatic heterocycles. The summed E-state index contributed by atoms with van der Waals surface area (Å²) in [6.07, 6.45) is 1.39. The Morgan fingerprint density at radius 2 is 1.62 bits per heavy atom. The lowest BCUT2D eigenvalue weighted by Crippen LogP contribution is -2.33. The zero-order valence-corrected chi connectivity index (χ0v) is 19.0. The lowest BCUT2D eigenvalue weighted by Gasteiger charge is -2.23.